The van der Waals surface area contributed by atoms with Gasteiger partial charge in [-0.1, -0.05) is 36.2 Å². The van der Waals surface area contributed by atoms with Crippen LogP contribution in [0.4, 0.5) is 0 Å². The molecule has 2 fully saturated rings. The lowest BCUT2D eigenvalue weighted by atomic mass is 9.72. The Morgan fingerprint density at radius 1 is 1.29 bits per heavy atom. The van der Waals surface area contributed by atoms with Crippen LogP contribution in [0.25, 0.3) is 0 Å². The minimum absolute atomic E-state index is 0.584. The van der Waals surface area contributed by atoms with E-state index < -0.39 is 0 Å². The summed E-state index contributed by atoms with van der Waals surface area (Å²) in [6, 6.07) is 0. The third-order valence-electron chi connectivity index (χ3n) is 4.95. The zero-order valence-corrected chi connectivity index (χ0v) is 13.0. The summed E-state index contributed by atoms with van der Waals surface area (Å²) in [7, 11) is 0. The third kappa shape index (κ3) is 3.26. The van der Waals surface area contributed by atoms with Gasteiger partial charge in [0.15, 0.2) is 0 Å². The number of ether oxygens (including phenoxy) is 1. The first-order chi connectivity index (χ1) is 8.16. The minimum atomic E-state index is 0.584. The van der Waals surface area contributed by atoms with Crippen molar-refractivity contribution < 1.29 is 4.74 Å². The fourth-order valence-corrected chi connectivity index (χ4v) is 4.76. The highest BCUT2D eigenvalue weighted by molar-refractivity contribution is 9.09. The van der Waals surface area contributed by atoms with E-state index in [4.69, 9.17) is 4.74 Å². The molecule has 0 spiro atoms. The zero-order chi connectivity index (χ0) is 12.3. The molecule has 2 bridgehead atoms. The predicted molar refractivity (Wildman–Crippen MR) is 76.6 cm³/mol. The van der Waals surface area contributed by atoms with Crippen molar-refractivity contribution in [2.24, 2.45) is 23.2 Å². The average molecular weight is 303 g/mol. The van der Waals surface area contributed by atoms with Gasteiger partial charge in [-0.15, -0.1) is 0 Å². The van der Waals surface area contributed by atoms with E-state index in [-0.39, 0.29) is 0 Å². The molecule has 0 heterocycles. The van der Waals surface area contributed by atoms with Gasteiger partial charge < -0.3 is 4.74 Å². The van der Waals surface area contributed by atoms with Crippen LogP contribution in [0.1, 0.15) is 52.4 Å². The van der Waals surface area contributed by atoms with Crippen LogP contribution in [0.2, 0.25) is 0 Å². The molecule has 0 amide bonds. The molecule has 0 saturated heterocycles. The number of hydrogen-bond acceptors (Lipinski definition) is 1. The van der Waals surface area contributed by atoms with Crippen molar-refractivity contribution in [1.29, 1.82) is 0 Å². The summed E-state index contributed by atoms with van der Waals surface area (Å²) in [6.45, 7) is 6.45. The van der Waals surface area contributed by atoms with Gasteiger partial charge in [0.25, 0.3) is 0 Å². The Kier molecular flexibility index (Phi) is 4.94. The number of rotatable bonds is 7. The van der Waals surface area contributed by atoms with Crippen molar-refractivity contribution in [3.05, 3.63) is 0 Å². The second-order valence-corrected chi connectivity index (χ2v) is 7.18. The van der Waals surface area contributed by atoms with Crippen molar-refractivity contribution in [3.63, 3.8) is 0 Å². The highest BCUT2D eigenvalue weighted by Gasteiger charge is 2.49. The van der Waals surface area contributed by atoms with E-state index in [0.717, 1.165) is 31.0 Å². The predicted octanol–water partition coefficient (Wildman–Crippen LogP) is 4.64. The summed E-state index contributed by atoms with van der Waals surface area (Å²) >= 11 is 3.77. The Labute approximate surface area is 115 Å². The number of fused-ring (bicyclic) bond motifs is 2. The lowest BCUT2D eigenvalue weighted by molar-refractivity contribution is 0.0717. The van der Waals surface area contributed by atoms with Gasteiger partial charge in [0.2, 0.25) is 0 Å². The number of halogens is 1. The van der Waals surface area contributed by atoms with Crippen molar-refractivity contribution in [2.75, 3.05) is 18.5 Å². The van der Waals surface area contributed by atoms with Gasteiger partial charge in [0.1, 0.15) is 0 Å². The molecule has 0 aromatic heterocycles. The van der Waals surface area contributed by atoms with Crippen molar-refractivity contribution in [2.45, 2.75) is 52.4 Å². The molecule has 0 aliphatic heterocycles. The van der Waals surface area contributed by atoms with Gasteiger partial charge in [-0.05, 0) is 55.3 Å². The van der Waals surface area contributed by atoms with Gasteiger partial charge >= 0.3 is 0 Å². The molecule has 0 radical (unpaired) electrons. The van der Waals surface area contributed by atoms with E-state index in [1.807, 2.05) is 0 Å². The maximum Gasteiger partial charge on any atom is 0.0471 e. The maximum atomic E-state index is 5.82. The Morgan fingerprint density at radius 3 is 2.65 bits per heavy atom. The van der Waals surface area contributed by atoms with Crippen LogP contribution in [0.15, 0.2) is 0 Å². The molecule has 3 atom stereocenters. The summed E-state index contributed by atoms with van der Waals surface area (Å²) in [5.41, 5.74) is 0.584. The Hall–Kier alpha value is 0.440. The highest BCUT2D eigenvalue weighted by Crippen LogP contribution is 2.58. The number of alkyl halides is 1. The molecule has 2 heteroatoms. The van der Waals surface area contributed by atoms with Crippen LogP contribution in [0, 0.1) is 23.2 Å². The van der Waals surface area contributed by atoms with Crippen LogP contribution in [-0.2, 0) is 4.74 Å². The molecule has 2 saturated carbocycles. The molecule has 100 valence electrons. The van der Waals surface area contributed by atoms with Gasteiger partial charge in [0, 0.05) is 18.5 Å². The van der Waals surface area contributed by atoms with E-state index in [0.29, 0.717) is 5.41 Å². The van der Waals surface area contributed by atoms with E-state index in [2.05, 4.69) is 29.8 Å². The average Bonchev–Trinajstić information content (AvgIpc) is 2.88. The molecule has 2 aliphatic carbocycles. The van der Waals surface area contributed by atoms with Crippen molar-refractivity contribution >= 4 is 15.9 Å². The van der Waals surface area contributed by atoms with E-state index in [1.165, 1.54) is 43.9 Å². The summed E-state index contributed by atoms with van der Waals surface area (Å²) in [4.78, 5) is 0. The molecule has 0 aromatic carbocycles. The van der Waals surface area contributed by atoms with E-state index in [9.17, 15) is 0 Å². The van der Waals surface area contributed by atoms with Crippen LogP contribution >= 0.6 is 15.9 Å². The summed E-state index contributed by atoms with van der Waals surface area (Å²) in [5.74, 6) is 2.79. The fraction of sp³-hybridized carbons (Fsp3) is 1.00. The van der Waals surface area contributed by atoms with Crippen LogP contribution in [-0.4, -0.2) is 18.5 Å². The standard InChI is InChI=1S/C15H27BrO/c1-12(2)5-7-17-8-6-15(11-16)10-13-3-4-14(15)9-13/h12-14H,3-11H2,1-2H3. The first-order valence-electron chi connectivity index (χ1n) is 7.30. The van der Waals surface area contributed by atoms with E-state index in [1.54, 1.807) is 0 Å². The molecule has 2 rings (SSSR count). The highest BCUT2D eigenvalue weighted by atomic mass is 79.9. The summed E-state index contributed by atoms with van der Waals surface area (Å²) < 4.78 is 5.82. The molecule has 17 heavy (non-hydrogen) atoms. The molecule has 0 N–H and O–H groups in total. The molecule has 1 nitrogen and oxygen atoms in total. The normalized spacial score (nSPS) is 36.0. The molecule has 3 unspecified atom stereocenters. The first-order valence-corrected chi connectivity index (χ1v) is 8.42. The monoisotopic (exact) mass is 302 g/mol. The topological polar surface area (TPSA) is 9.23 Å². The van der Waals surface area contributed by atoms with Crippen LogP contribution in [0.3, 0.4) is 0 Å². The Morgan fingerprint density at radius 2 is 2.12 bits per heavy atom. The van der Waals surface area contributed by atoms with Gasteiger partial charge in [-0.2, -0.15) is 0 Å². The largest absolute Gasteiger partial charge is 0.381 e. The second kappa shape index (κ2) is 6.06. The summed E-state index contributed by atoms with van der Waals surface area (Å²) in [6.07, 6.45) is 8.40. The maximum absolute atomic E-state index is 5.82. The third-order valence-corrected chi connectivity index (χ3v) is 6.07. The van der Waals surface area contributed by atoms with E-state index >= 15 is 0 Å². The lowest BCUT2D eigenvalue weighted by Crippen LogP contribution is -2.31. The molecule has 0 aromatic rings. The SMILES string of the molecule is CC(C)CCOCCC1(CBr)CC2CCC1C2. The smallest absolute Gasteiger partial charge is 0.0471 e. The molecular weight excluding hydrogens is 276 g/mol. The summed E-state index contributed by atoms with van der Waals surface area (Å²) in [5, 5.41) is 1.19. The molecular formula is C15H27BrO. The Balaban J connectivity index is 1.70. The lowest BCUT2D eigenvalue weighted by Gasteiger charge is -2.36. The second-order valence-electron chi connectivity index (χ2n) is 6.62. The first kappa shape index (κ1) is 13.9. The minimum Gasteiger partial charge on any atom is -0.381 e. The fourth-order valence-electron chi connectivity index (χ4n) is 3.79. The van der Waals surface area contributed by atoms with Gasteiger partial charge in [-0.25, -0.2) is 0 Å². The number of hydrogen-bond donors (Lipinski definition) is 0. The Bertz CT molecular complexity index is 241. The van der Waals surface area contributed by atoms with Crippen molar-refractivity contribution in [3.8, 4) is 0 Å². The quantitative estimate of drug-likeness (QED) is 0.492. The van der Waals surface area contributed by atoms with Gasteiger partial charge in [-0.3, -0.25) is 0 Å². The van der Waals surface area contributed by atoms with Crippen LogP contribution in [0.5, 0.6) is 0 Å². The molecule has 2 aliphatic rings. The zero-order valence-electron chi connectivity index (χ0n) is 11.4. The van der Waals surface area contributed by atoms with Gasteiger partial charge in [0.05, 0.1) is 0 Å². The van der Waals surface area contributed by atoms with Crippen LogP contribution < -0.4 is 0 Å². The van der Waals surface area contributed by atoms with Crippen molar-refractivity contribution in [1.82, 2.24) is 0 Å².